The van der Waals surface area contributed by atoms with E-state index in [0.29, 0.717) is 12.3 Å². The number of aromatic nitrogens is 1. The minimum absolute atomic E-state index is 0.130. The van der Waals surface area contributed by atoms with Crippen molar-refractivity contribution >= 4 is 6.41 Å². The Morgan fingerprint density at radius 3 is 2.41 bits per heavy atom. The van der Waals surface area contributed by atoms with Crippen LogP contribution >= 0.6 is 0 Å². The summed E-state index contributed by atoms with van der Waals surface area (Å²) in [4.78, 5) is 13.2. The van der Waals surface area contributed by atoms with Gasteiger partial charge in [0.25, 0.3) is 0 Å². The van der Waals surface area contributed by atoms with Gasteiger partial charge in [-0.1, -0.05) is 35.9 Å². The Hall–Kier alpha value is -3.05. The van der Waals surface area contributed by atoms with Crippen molar-refractivity contribution in [3.8, 4) is 11.4 Å². The molecular weight excluding hydrogens is 364 g/mol. The molecule has 1 N–H and O–H groups in total. The average molecular weight is 392 g/mol. The van der Waals surface area contributed by atoms with Gasteiger partial charge in [-0.3, -0.25) is 4.79 Å². The van der Waals surface area contributed by atoms with Crippen LogP contribution in [0.4, 0.5) is 0 Å². The molecule has 5 nitrogen and oxygen atoms in total. The number of aliphatic hydroxyl groups is 1. The van der Waals surface area contributed by atoms with E-state index in [0.717, 1.165) is 17.8 Å². The van der Waals surface area contributed by atoms with Gasteiger partial charge in [0.2, 0.25) is 6.41 Å². The summed E-state index contributed by atoms with van der Waals surface area (Å²) in [5.41, 5.74) is 5.73. The van der Waals surface area contributed by atoms with Crippen LogP contribution in [0.3, 0.4) is 0 Å². The van der Waals surface area contributed by atoms with Crippen LogP contribution in [0, 0.1) is 20.8 Å². The highest BCUT2D eigenvalue weighted by Gasteiger charge is 2.15. The number of nitrogens with zero attached hydrogens (tertiary/aromatic N) is 2. The largest absolute Gasteiger partial charge is 0.491 e. The number of rotatable bonds is 9. The number of carbonyl (C=O) groups is 1. The summed E-state index contributed by atoms with van der Waals surface area (Å²) in [5, 5.41) is 10.3. The number of carbonyl (C=O) groups excluding carboxylic acids is 1. The molecule has 1 atom stereocenters. The van der Waals surface area contributed by atoms with E-state index in [1.54, 1.807) is 4.90 Å². The summed E-state index contributed by atoms with van der Waals surface area (Å²) >= 11 is 0. The van der Waals surface area contributed by atoms with Gasteiger partial charge in [0.05, 0.1) is 18.8 Å². The first kappa shape index (κ1) is 20.7. The van der Waals surface area contributed by atoms with E-state index in [2.05, 4.69) is 37.5 Å². The molecule has 29 heavy (non-hydrogen) atoms. The monoisotopic (exact) mass is 392 g/mol. The Bertz CT molecular complexity index is 927. The highest BCUT2D eigenvalue weighted by atomic mass is 16.5. The molecule has 0 saturated heterocycles. The zero-order chi connectivity index (χ0) is 20.8. The van der Waals surface area contributed by atoms with E-state index >= 15 is 0 Å². The smallest absolute Gasteiger partial charge is 0.210 e. The SMILES string of the molecule is Cc1cc(C)c(-n2cccc2CN(C=O)CC(O)COc2ccccc2)c(C)c1. The molecule has 1 aromatic heterocycles. The van der Waals surface area contributed by atoms with Crippen molar-refractivity contribution in [2.45, 2.75) is 33.4 Å². The third kappa shape index (κ3) is 5.27. The predicted molar refractivity (Wildman–Crippen MR) is 114 cm³/mol. The summed E-state index contributed by atoms with van der Waals surface area (Å²) in [6.45, 7) is 7.03. The van der Waals surface area contributed by atoms with E-state index in [1.807, 2.05) is 48.7 Å². The van der Waals surface area contributed by atoms with E-state index in [4.69, 9.17) is 4.74 Å². The van der Waals surface area contributed by atoms with Gasteiger partial charge in [-0.05, 0) is 56.2 Å². The molecule has 3 rings (SSSR count). The van der Waals surface area contributed by atoms with Crippen LogP contribution in [0.25, 0.3) is 5.69 Å². The molecule has 0 radical (unpaired) electrons. The molecule has 0 aliphatic heterocycles. The Balaban J connectivity index is 1.68. The van der Waals surface area contributed by atoms with Crippen LogP contribution < -0.4 is 4.74 Å². The molecule has 0 aliphatic rings. The quantitative estimate of drug-likeness (QED) is 0.564. The van der Waals surface area contributed by atoms with Gasteiger partial charge in [-0.2, -0.15) is 0 Å². The van der Waals surface area contributed by atoms with Crippen molar-refractivity contribution in [2.24, 2.45) is 0 Å². The van der Waals surface area contributed by atoms with Crippen molar-refractivity contribution in [1.82, 2.24) is 9.47 Å². The zero-order valence-electron chi connectivity index (χ0n) is 17.2. The van der Waals surface area contributed by atoms with E-state index < -0.39 is 6.10 Å². The maximum Gasteiger partial charge on any atom is 0.210 e. The second-order valence-corrected chi connectivity index (χ2v) is 7.43. The van der Waals surface area contributed by atoms with Crippen LogP contribution in [-0.4, -0.2) is 40.2 Å². The zero-order valence-corrected chi connectivity index (χ0v) is 17.2. The number of amides is 1. The lowest BCUT2D eigenvalue weighted by molar-refractivity contribution is -0.120. The van der Waals surface area contributed by atoms with Crippen LogP contribution in [0.15, 0.2) is 60.8 Å². The molecule has 3 aromatic rings. The minimum atomic E-state index is -0.772. The van der Waals surface area contributed by atoms with Gasteiger partial charge in [0.1, 0.15) is 18.5 Å². The standard InChI is InChI=1S/C24H28N2O3/c1-18-12-19(2)24(20(3)13-18)26-11-7-8-21(26)14-25(17-27)15-22(28)16-29-23-9-5-4-6-10-23/h4-13,17,22,28H,14-16H2,1-3H3. The number of aryl methyl sites for hydroxylation is 3. The van der Waals surface area contributed by atoms with Crippen molar-refractivity contribution in [3.05, 3.63) is 83.2 Å². The molecule has 1 heterocycles. The van der Waals surface area contributed by atoms with Gasteiger partial charge < -0.3 is 19.3 Å². The first-order valence-corrected chi connectivity index (χ1v) is 9.77. The summed E-state index contributed by atoms with van der Waals surface area (Å²) < 4.78 is 7.70. The Kier molecular flexibility index (Phi) is 6.73. The first-order chi connectivity index (χ1) is 14.0. The molecule has 2 aromatic carbocycles. The third-order valence-electron chi connectivity index (χ3n) is 4.85. The molecule has 0 fully saturated rings. The number of hydrogen-bond donors (Lipinski definition) is 1. The normalized spacial score (nSPS) is 11.9. The minimum Gasteiger partial charge on any atom is -0.491 e. The fraction of sp³-hybridized carbons (Fsp3) is 0.292. The van der Waals surface area contributed by atoms with E-state index in [-0.39, 0.29) is 13.2 Å². The number of para-hydroxylation sites is 1. The van der Waals surface area contributed by atoms with Gasteiger partial charge in [0.15, 0.2) is 0 Å². The van der Waals surface area contributed by atoms with Gasteiger partial charge in [-0.15, -0.1) is 0 Å². The Morgan fingerprint density at radius 2 is 1.76 bits per heavy atom. The molecular formula is C24H28N2O3. The van der Waals surface area contributed by atoms with Crippen molar-refractivity contribution in [1.29, 1.82) is 0 Å². The summed E-state index contributed by atoms with van der Waals surface area (Å²) in [7, 11) is 0. The highest BCUT2D eigenvalue weighted by molar-refractivity contribution is 5.51. The number of aliphatic hydroxyl groups excluding tert-OH is 1. The van der Waals surface area contributed by atoms with Crippen LogP contribution in [-0.2, 0) is 11.3 Å². The molecule has 0 bridgehead atoms. The molecule has 152 valence electrons. The van der Waals surface area contributed by atoms with Gasteiger partial charge >= 0.3 is 0 Å². The molecule has 0 saturated carbocycles. The number of ether oxygens (including phenoxy) is 1. The molecule has 1 amide bonds. The van der Waals surface area contributed by atoms with E-state index in [1.165, 1.54) is 16.7 Å². The van der Waals surface area contributed by atoms with Gasteiger partial charge in [-0.25, -0.2) is 0 Å². The lowest BCUT2D eigenvalue weighted by atomic mass is 10.0. The number of hydrogen-bond acceptors (Lipinski definition) is 3. The Morgan fingerprint density at radius 1 is 1.07 bits per heavy atom. The first-order valence-electron chi connectivity index (χ1n) is 9.77. The summed E-state index contributed by atoms with van der Waals surface area (Å²) in [5.74, 6) is 0.698. The molecule has 5 heteroatoms. The van der Waals surface area contributed by atoms with Crippen LogP contribution in [0.2, 0.25) is 0 Å². The second-order valence-electron chi connectivity index (χ2n) is 7.43. The molecule has 1 unspecified atom stereocenters. The van der Waals surface area contributed by atoms with Crippen LogP contribution in [0.5, 0.6) is 5.75 Å². The molecule has 0 aliphatic carbocycles. The van der Waals surface area contributed by atoms with Gasteiger partial charge in [0, 0.05) is 11.9 Å². The number of benzene rings is 2. The summed E-state index contributed by atoms with van der Waals surface area (Å²) in [6.07, 6.45) is 2.02. The Labute approximate surface area is 172 Å². The average Bonchev–Trinajstić information content (AvgIpc) is 3.13. The van der Waals surface area contributed by atoms with Crippen LogP contribution in [0.1, 0.15) is 22.4 Å². The lowest BCUT2D eigenvalue weighted by Crippen LogP contribution is -2.35. The molecule has 0 spiro atoms. The fourth-order valence-electron chi connectivity index (χ4n) is 3.70. The predicted octanol–water partition coefficient (Wildman–Crippen LogP) is 3.80. The van der Waals surface area contributed by atoms with Crippen molar-refractivity contribution in [2.75, 3.05) is 13.2 Å². The highest BCUT2D eigenvalue weighted by Crippen LogP contribution is 2.23. The third-order valence-corrected chi connectivity index (χ3v) is 4.85. The maximum atomic E-state index is 11.6. The maximum absolute atomic E-state index is 11.6. The topological polar surface area (TPSA) is 54.7 Å². The second kappa shape index (κ2) is 9.43. The van der Waals surface area contributed by atoms with E-state index in [9.17, 15) is 9.90 Å². The van der Waals surface area contributed by atoms with Crippen molar-refractivity contribution in [3.63, 3.8) is 0 Å². The fourth-order valence-corrected chi connectivity index (χ4v) is 3.70. The lowest BCUT2D eigenvalue weighted by Gasteiger charge is -2.23. The summed E-state index contributed by atoms with van der Waals surface area (Å²) in [6, 6.07) is 17.6. The van der Waals surface area contributed by atoms with Crippen molar-refractivity contribution < 1.29 is 14.6 Å².